The average Bonchev–Trinajstić information content (AvgIpc) is 2.53. The summed E-state index contributed by atoms with van der Waals surface area (Å²) < 4.78 is 0. The zero-order chi connectivity index (χ0) is 14.5. The number of carbonyl (C=O) groups excluding carboxylic acids is 1. The largest absolute Gasteiger partial charge is 0.384 e. The molecule has 0 aliphatic heterocycles. The van der Waals surface area contributed by atoms with Crippen LogP contribution in [0.2, 0.25) is 0 Å². The van der Waals surface area contributed by atoms with Crippen LogP contribution in [0.5, 0.6) is 0 Å². The lowest BCUT2D eigenvalue weighted by molar-refractivity contribution is -0.113. The molecule has 0 aliphatic carbocycles. The number of benzene rings is 2. The van der Waals surface area contributed by atoms with E-state index in [1.54, 1.807) is 25.2 Å². The Morgan fingerprint density at radius 1 is 1.30 bits per heavy atom. The van der Waals surface area contributed by atoms with Gasteiger partial charge in [0.25, 0.3) is 0 Å². The van der Waals surface area contributed by atoms with Crippen molar-refractivity contribution in [1.82, 2.24) is 0 Å². The number of anilines is 1. The van der Waals surface area contributed by atoms with Crippen LogP contribution in [0.25, 0.3) is 0 Å². The molecule has 0 heterocycles. The third-order valence-electron chi connectivity index (χ3n) is 3.12. The normalized spacial score (nSPS) is 11.7. The maximum atomic E-state index is 11.6. The molecule has 101 valence electrons. The third-order valence-corrected chi connectivity index (χ3v) is 3.12. The lowest BCUT2D eigenvalue weighted by Crippen LogP contribution is -2.23. The molecule has 3 heteroatoms. The minimum Gasteiger partial charge on any atom is -0.384 e. The number of amides is 1. The summed E-state index contributed by atoms with van der Waals surface area (Å²) in [5.41, 5.74) is 2.16. The quantitative estimate of drug-likeness (QED) is 0.864. The van der Waals surface area contributed by atoms with E-state index in [1.807, 2.05) is 30.3 Å². The summed E-state index contributed by atoms with van der Waals surface area (Å²) in [5.74, 6) is -0.204. The number of likely N-dealkylation sites (N-methyl/N-ethyl adjacent to an activating group) is 1. The highest BCUT2D eigenvalue weighted by molar-refractivity contribution is 6.00. The van der Waals surface area contributed by atoms with Crippen LogP contribution in [0.3, 0.4) is 0 Å². The van der Waals surface area contributed by atoms with Crippen LogP contribution in [0.4, 0.5) is 5.69 Å². The van der Waals surface area contributed by atoms with Gasteiger partial charge in [-0.2, -0.15) is 0 Å². The van der Waals surface area contributed by atoms with Crippen molar-refractivity contribution in [3.8, 4) is 0 Å². The molecule has 0 aromatic heterocycles. The predicted molar refractivity (Wildman–Crippen MR) is 79.4 cm³/mol. The summed E-state index contributed by atoms with van der Waals surface area (Å²) in [5, 5.41) is 10.4. The van der Waals surface area contributed by atoms with Gasteiger partial charge in [0.05, 0.1) is 0 Å². The van der Waals surface area contributed by atoms with E-state index in [0.29, 0.717) is 11.3 Å². The highest BCUT2D eigenvalue weighted by Crippen LogP contribution is 2.25. The van der Waals surface area contributed by atoms with Crippen LogP contribution < -0.4 is 4.90 Å². The summed E-state index contributed by atoms with van der Waals surface area (Å²) in [4.78, 5) is 13.1. The summed E-state index contributed by atoms with van der Waals surface area (Å²) in [7, 11) is 1.66. The zero-order valence-corrected chi connectivity index (χ0v) is 11.3. The van der Waals surface area contributed by atoms with Gasteiger partial charge in [0, 0.05) is 12.7 Å². The van der Waals surface area contributed by atoms with Crippen LogP contribution in [-0.4, -0.2) is 18.1 Å². The Hall–Kier alpha value is -2.39. The Labute approximate surface area is 118 Å². The highest BCUT2D eigenvalue weighted by Gasteiger charge is 2.13. The molecule has 1 amide bonds. The van der Waals surface area contributed by atoms with E-state index in [-0.39, 0.29) is 5.91 Å². The first-order chi connectivity index (χ1) is 9.63. The molecule has 0 saturated heterocycles. The number of rotatable bonds is 4. The Bertz CT molecular complexity index is 607. The van der Waals surface area contributed by atoms with Crippen molar-refractivity contribution in [3.63, 3.8) is 0 Å². The molecule has 3 nitrogen and oxygen atoms in total. The van der Waals surface area contributed by atoms with Crippen LogP contribution >= 0.6 is 0 Å². The number of hydrogen-bond donors (Lipinski definition) is 1. The SMILES string of the molecule is C=CC(=O)N(C)c1c[c]cc(C(O)c2ccccc2)c1. The first kappa shape index (κ1) is 14.0. The minimum absolute atomic E-state index is 0.204. The fourth-order valence-corrected chi connectivity index (χ4v) is 1.92. The van der Waals surface area contributed by atoms with Gasteiger partial charge < -0.3 is 10.0 Å². The van der Waals surface area contributed by atoms with Gasteiger partial charge in [-0.25, -0.2) is 0 Å². The molecular weight excluding hydrogens is 250 g/mol. The van der Waals surface area contributed by atoms with E-state index in [9.17, 15) is 9.90 Å². The fourth-order valence-electron chi connectivity index (χ4n) is 1.92. The molecule has 20 heavy (non-hydrogen) atoms. The van der Waals surface area contributed by atoms with Crippen molar-refractivity contribution in [3.05, 3.63) is 78.4 Å². The molecule has 0 spiro atoms. The van der Waals surface area contributed by atoms with Gasteiger partial charge in [-0.1, -0.05) is 36.9 Å². The molecular formula is C17H16NO2. The van der Waals surface area contributed by atoms with Gasteiger partial charge in [-0.3, -0.25) is 4.79 Å². The van der Waals surface area contributed by atoms with Gasteiger partial charge in [-0.15, -0.1) is 0 Å². The molecule has 1 N–H and O–H groups in total. The molecule has 1 unspecified atom stereocenters. The second kappa shape index (κ2) is 6.17. The number of hydrogen-bond acceptors (Lipinski definition) is 2. The summed E-state index contributed by atoms with van der Waals surface area (Å²) in [6.45, 7) is 3.46. The molecule has 2 rings (SSSR count). The molecule has 2 aromatic rings. The average molecular weight is 266 g/mol. The van der Waals surface area contributed by atoms with Crippen molar-refractivity contribution >= 4 is 11.6 Å². The Morgan fingerprint density at radius 3 is 2.65 bits per heavy atom. The van der Waals surface area contributed by atoms with Crippen molar-refractivity contribution in [2.45, 2.75) is 6.10 Å². The van der Waals surface area contributed by atoms with Crippen LogP contribution in [0.1, 0.15) is 17.2 Å². The Kier molecular flexibility index (Phi) is 4.33. The van der Waals surface area contributed by atoms with E-state index in [1.165, 1.54) is 11.0 Å². The molecule has 0 aliphatic rings. The number of nitrogens with zero attached hydrogens (tertiary/aromatic N) is 1. The molecule has 1 radical (unpaired) electrons. The number of aliphatic hydroxyl groups excluding tert-OH is 1. The maximum Gasteiger partial charge on any atom is 0.250 e. The Balaban J connectivity index is 2.30. The van der Waals surface area contributed by atoms with Crippen molar-refractivity contribution in [1.29, 1.82) is 0 Å². The lowest BCUT2D eigenvalue weighted by atomic mass is 10.0. The molecule has 0 saturated carbocycles. The van der Waals surface area contributed by atoms with Crippen molar-refractivity contribution in [2.24, 2.45) is 0 Å². The van der Waals surface area contributed by atoms with Gasteiger partial charge in [-0.05, 0) is 41.5 Å². The topological polar surface area (TPSA) is 40.5 Å². The van der Waals surface area contributed by atoms with E-state index in [2.05, 4.69) is 12.6 Å². The molecule has 2 aromatic carbocycles. The molecule has 0 bridgehead atoms. The second-order valence-electron chi connectivity index (χ2n) is 4.44. The Morgan fingerprint density at radius 2 is 2.00 bits per heavy atom. The van der Waals surface area contributed by atoms with E-state index in [0.717, 1.165) is 5.56 Å². The second-order valence-corrected chi connectivity index (χ2v) is 4.44. The van der Waals surface area contributed by atoms with Crippen LogP contribution in [0.15, 0.2) is 61.2 Å². The van der Waals surface area contributed by atoms with Crippen molar-refractivity contribution in [2.75, 3.05) is 11.9 Å². The standard InChI is InChI=1S/C17H16NO2/c1-3-16(19)18(2)15-11-7-10-14(12-15)17(20)13-8-5-4-6-9-13/h3-6,8-12,17,20H,1H2,2H3. The van der Waals surface area contributed by atoms with E-state index < -0.39 is 6.10 Å². The first-order valence-electron chi connectivity index (χ1n) is 6.27. The predicted octanol–water partition coefficient (Wildman–Crippen LogP) is 2.72. The van der Waals surface area contributed by atoms with E-state index >= 15 is 0 Å². The van der Waals surface area contributed by atoms with E-state index in [4.69, 9.17) is 0 Å². The molecule has 1 atom stereocenters. The zero-order valence-electron chi connectivity index (χ0n) is 11.3. The first-order valence-corrected chi connectivity index (χ1v) is 6.27. The highest BCUT2D eigenvalue weighted by atomic mass is 16.3. The number of carbonyl (C=O) groups is 1. The van der Waals surface area contributed by atoms with Crippen molar-refractivity contribution < 1.29 is 9.90 Å². The smallest absolute Gasteiger partial charge is 0.250 e. The third kappa shape index (κ3) is 2.95. The fraction of sp³-hybridized carbons (Fsp3) is 0.118. The summed E-state index contributed by atoms with van der Waals surface area (Å²) in [6.07, 6.45) is 0.514. The minimum atomic E-state index is -0.736. The van der Waals surface area contributed by atoms with Gasteiger partial charge in [0.2, 0.25) is 5.91 Å². The van der Waals surface area contributed by atoms with Crippen LogP contribution in [0, 0.1) is 6.07 Å². The number of aliphatic hydroxyl groups is 1. The lowest BCUT2D eigenvalue weighted by Gasteiger charge is -2.18. The van der Waals surface area contributed by atoms with Crippen LogP contribution in [-0.2, 0) is 4.79 Å². The van der Waals surface area contributed by atoms with Gasteiger partial charge in [0.15, 0.2) is 0 Å². The maximum absolute atomic E-state index is 11.6. The summed E-state index contributed by atoms with van der Waals surface area (Å²) >= 11 is 0. The monoisotopic (exact) mass is 266 g/mol. The summed E-state index contributed by atoms with van der Waals surface area (Å²) in [6, 6.07) is 17.5. The van der Waals surface area contributed by atoms with Gasteiger partial charge >= 0.3 is 0 Å². The van der Waals surface area contributed by atoms with Gasteiger partial charge in [0.1, 0.15) is 6.10 Å². The molecule has 0 fully saturated rings.